The first-order valence-corrected chi connectivity index (χ1v) is 5.47. The van der Waals surface area contributed by atoms with Gasteiger partial charge in [-0.05, 0) is 18.6 Å². The molecule has 0 aromatic carbocycles. The van der Waals surface area contributed by atoms with E-state index in [9.17, 15) is 0 Å². The van der Waals surface area contributed by atoms with E-state index in [2.05, 4.69) is 55.2 Å². The van der Waals surface area contributed by atoms with Crippen LogP contribution in [0.2, 0.25) is 0 Å². The first-order valence-electron chi connectivity index (χ1n) is 5.47. The SMILES string of the molecule is Cc1ccc(N(C)CCNC(C)C)nc1. The number of nitrogens with one attached hydrogen (secondary N) is 1. The van der Waals surface area contributed by atoms with Crippen molar-refractivity contribution in [1.29, 1.82) is 0 Å². The molecule has 3 nitrogen and oxygen atoms in total. The fourth-order valence-corrected chi connectivity index (χ4v) is 1.32. The predicted molar refractivity (Wildman–Crippen MR) is 65.4 cm³/mol. The Morgan fingerprint density at radius 1 is 1.40 bits per heavy atom. The van der Waals surface area contributed by atoms with Crippen LogP contribution in [0.4, 0.5) is 5.82 Å². The second-order valence-corrected chi connectivity index (χ2v) is 4.22. The number of nitrogens with zero attached hydrogens (tertiary/aromatic N) is 2. The zero-order valence-electron chi connectivity index (χ0n) is 10.1. The molecule has 1 N–H and O–H groups in total. The van der Waals surface area contributed by atoms with Gasteiger partial charge >= 0.3 is 0 Å². The summed E-state index contributed by atoms with van der Waals surface area (Å²) in [5, 5.41) is 3.39. The van der Waals surface area contributed by atoms with E-state index in [0.29, 0.717) is 6.04 Å². The molecule has 0 aliphatic rings. The maximum atomic E-state index is 4.37. The number of anilines is 1. The standard InChI is InChI=1S/C12H21N3/c1-10(2)13-7-8-15(4)12-6-5-11(3)9-14-12/h5-6,9-10,13H,7-8H2,1-4H3. The van der Waals surface area contributed by atoms with Crippen molar-refractivity contribution < 1.29 is 0 Å². The molecule has 3 heteroatoms. The van der Waals surface area contributed by atoms with E-state index in [1.165, 1.54) is 5.56 Å². The van der Waals surface area contributed by atoms with Crippen LogP contribution < -0.4 is 10.2 Å². The van der Waals surface area contributed by atoms with Crippen molar-refractivity contribution in [2.24, 2.45) is 0 Å². The maximum absolute atomic E-state index is 4.37. The van der Waals surface area contributed by atoms with E-state index in [0.717, 1.165) is 18.9 Å². The van der Waals surface area contributed by atoms with Gasteiger partial charge in [-0.3, -0.25) is 0 Å². The maximum Gasteiger partial charge on any atom is 0.128 e. The molecule has 15 heavy (non-hydrogen) atoms. The van der Waals surface area contributed by atoms with Crippen LogP contribution in [-0.2, 0) is 0 Å². The minimum Gasteiger partial charge on any atom is -0.358 e. The van der Waals surface area contributed by atoms with E-state index in [-0.39, 0.29) is 0 Å². The van der Waals surface area contributed by atoms with E-state index >= 15 is 0 Å². The van der Waals surface area contributed by atoms with Crippen LogP contribution >= 0.6 is 0 Å². The molecule has 0 amide bonds. The Kier molecular flexibility index (Phi) is 4.56. The number of pyridine rings is 1. The number of hydrogen-bond acceptors (Lipinski definition) is 3. The third-order valence-electron chi connectivity index (χ3n) is 2.29. The molecule has 0 atom stereocenters. The van der Waals surface area contributed by atoms with Crippen molar-refractivity contribution in [2.45, 2.75) is 26.8 Å². The van der Waals surface area contributed by atoms with Crippen LogP contribution in [0, 0.1) is 6.92 Å². The zero-order valence-corrected chi connectivity index (χ0v) is 10.1. The average Bonchev–Trinajstić information content (AvgIpc) is 2.18. The van der Waals surface area contributed by atoms with Crippen molar-refractivity contribution in [3.05, 3.63) is 23.9 Å². The monoisotopic (exact) mass is 207 g/mol. The van der Waals surface area contributed by atoms with Gasteiger partial charge in [0.25, 0.3) is 0 Å². The largest absolute Gasteiger partial charge is 0.358 e. The lowest BCUT2D eigenvalue weighted by Gasteiger charge is -2.19. The molecule has 1 heterocycles. The topological polar surface area (TPSA) is 28.2 Å². The van der Waals surface area contributed by atoms with Gasteiger partial charge in [-0.25, -0.2) is 4.98 Å². The van der Waals surface area contributed by atoms with E-state index in [1.54, 1.807) is 0 Å². The lowest BCUT2D eigenvalue weighted by Crippen LogP contribution is -2.33. The Bertz CT molecular complexity index is 279. The Balaban J connectivity index is 2.40. The first kappa shape index (κ1) is 12.0. The van der Waals surface area contributed by atoms with Crippen molar-refractivity contribution in [2.75, 3.05) is 25.0 Å². The highest BCUT2D eigenvalue weighted by Gasteiger charge is 2.01. The number of hydrogen-bond donors (Lipinski definition) is 1. The molecule has 0 radical (unpaired) electrons. The summed E-state index contributed by atoms with van der Waals surface area (Å²) in [5.41, 5.74) is 1.20. The van der Waals surface area contributed by atoms with Gasteiger partial charge in [0.15, 0.2) is 0 Å². The van der Waals surface area contributed by atoms with Gasteiger partial charge in [0.1, 0.15) is 5.82 Å². The molecule has 1 aromatic rings. The Labute approximate surface area is 92.5 Å². The van der Waals surface area contributed by atoms with Crippen LogP contribution in [0.15, 0.2) is 18.3 Å². The molecule has 1 aromatic heterocycles. The van der Waals surface area contributed by atoms with E-state index < -0.39 is 0 Å². The summed E-state index contributed by atoms with van der Waals surface area (Å²) in [6, 6.07) is 4.70. The fourth-order valence-electron chi connectivity index (χ4n) is 1.32. The van der Waals surface area contributed by atoms with Gasteiger partial charge in [0.2, 0.25) is 0 Å². The van der Waals surface area contributed by atoms with Gasteiger partial charge < -0.3 is 10.2 Å². The third kappa shape index (κ3) is 4.30. The normalized spacial score (nSPS) is 10.7. The molecular formula is C12H21N3. The van der Waals surface area contributed by atoms with Crippen LogP contribution in [0.5, 0.6) is 0 Å². The summed E-state index contributed by atoms with van der Waals surface area (Å²) in [5.74, 6) is 1.03. The minimum atomic E-state index is 0.546. The Morgan fingerprint density at radius 3 is 2.67 bits per heavy atom. The smallest absolute Gasteiger partial charge is 0.128 e. The second-order valence-electron chi connectivity index (χ2n) is 4.22. The summed E-state index contributed by atoms with van der Waals surface area (Å²) in [6.07, 6.45) is 1.90. The molecule has 0 saturated heterocycles. The summed E-state index contributed by atoms with van der Waals surface area (Å²) in [6.45, 7) is 8.34. The number of aryl methyl sites for hydroxylation is 1. The molecule has 0 aliphatic carbocycles. The molecule has 1 rings (SSSR count). The van der Waals surface area contributed by atoms with Crippen molar-refractivity contribution in [1.82, 2.24) is 10.3 Å². The molecule has 0 aliphatic heterocycles. The zero-order chi connectivity index (χ0) is 11.3. The van der Waals surface area contributed by atoms with Crippen molar-refractivity contribution in [3.8, 4) is 0 Å². The first-order chi connectivity index (χ1) is 7.09. The van der Waals surface area contributed by atoms with Gasteiger partial charge in [-0.1, -0.05) is 19.9 Å². The lowest BCUT2D eigenvalue weighted by molar-refractivity contribution is 0.588. The Morgan fingerprint density at radius 2 is 2.13 bits per heavy atom. The van der Waals surface area contributed by atoms with Crippen LogP contribution in [0.1, 0.15) is 19.4 Å². The van der Waals surface area contributed by atoms with Gasteiger partial charge in [-0.15, -0.1) is 0 Å². The fraction of sp³-hybridized carbons (Fsp3) is 0.583. The molecule has 0 spiro atoms. The van der Waals surface area contributed by atoms with Gasteiger partial charge in [0.05, 0.1) is 0 Å². The van der Waals surface area contributed by atoms with Crippen LogP contribution in [0.25, 0.3) is 0 Å². The molecule has 0 bridgehead atoms. The molecular weight excluding hydrogens is 186 g/mol. The highest BCUT2D eigenvalue weighted by molar-refractivity contribution is 5.37. The molecule has 0 fully saturated rings. The molecule has 84 valence electrons. The van der Waals surface area contributed by atoms with E-state index in [4.69, 9.17) is 0 Å². The van der Waals surface area contributed by atoms with Crippen molar-refractivity contribution >= 4 is 5.82 Å². The summed E-state index contributed by atoms with van der Waals surface area (Å²) in [4.78, 5) is 6.54. The summed E-state index contributed by atoms with van der Waals surface area (Å²) in [7, 11) is 2.07. The Hall–Kier alpha value is -1.09. The molecule has 0 unspecified atom stereocenters. The highest BCUT2D eigenvalue weighted by Crippen LogP contribution is 2.07. The van der Waals surface area contributed by atoms with Crippen LogP contribution in [-0.4, -0.2) is 31.2 Å². The highest BCUT2D eigenvalue weighted by atomic mass is 15.2. The number of aromatic nitrogens is 1. The van der Waals surface area contributed by atoms with Gasteiger partial charge in [0, 0.05) is 32.4 Å². The minimum absolute atomic E-state index is 0.546. The van der Waals surface area contributed by atoms with Crippen molar-refractivity contribution in [3.63, 3.8) is 0 Å². The van der Waals surface area contributed by atoms with E-state index in [1.807, 2.05) is 6.20 Å². The summed E-state index contributed by atoms with van der Waals surface area (Å²) >= 11 is 0. The van der Waals surface area contributed by atoms with Crippen LogP contribution in [0.3, 0.4) is 0 Å². The average molecular weight is 207 g/mol. The second kappa shape index (κ2) is 5.71. The number of likely N-dealkylation sites (N-methyl/N-ethyl adjacent to an activating group) is 1. The third-order valence-corrected chi connectivity index (χ3v) is 2.29. The summed E-state index contributed by atoms with van der Waals surface area (Å²) < 4.78 is 0. The lowest BCUT2D eigenvalue weighted by atomic mass is 10.3. The molecule has 0 saturated carbocycles. The predicted octanol–water partition coefficient (Wildman–Crippen LogP) is 1.82. The number of rotatable bonds is 5. The van der Waals surface area contributed by atoms with Gasteiger partial charge in [-0.2, -0.15) is 0 Å². The quantitative estimate of drug-likeness (QED) is 0.798.